The third kappa shape index (κ3) is 4.55. The van der Waals surface area contributed by atoms with Crippen molar-refractivity contribution in [2.24, 2.45) is 0 Å². The number of rotatable bonds is 3. The smallest absolute Gasteiger partial charge is 0.306 e. The molecule has 0 amide bonds. The van der Waals surface area contributed by atoms with Gasteiger partial charge in [-0.25, -0.2) is 0 Å². The summed E-state index contributed by atoms with van der Waals surface area (Å²) in [5.74, 6) is -0.170. The van der Waals surface area contributed by atoms with Gasteiger partial charge < -0.3 is 4.74 Å². The highest BCUT2D eigenvalue weighted by atomic mass is 35.5. The van der Waals surface area contributed by atoms with Gasteiger partial charge in [0, 0.05) is 0 Å². The van der Waals surface area contributed by atoms with Crippen LogP contribution in [0, 0.1) is 6.92 Å². The Morgan fingerprint density at radius 2 is 2.00 bits per heavy atom. The maximum atomic E-state index is 10.1. The van der Waals surface area contributed by atoms with Crippen LogP contribution in [0.5, 0.6) is 0 Å². The zero-order valence-electron chi connectivity index (χ0n) is 4.77. The minimum Gasteiger partial charge on any atom is -0.460 e. The molecule has 0 heterocycles. The van der Waals surface area contributed by atoms with Crippen molar-refractivity contribution in [1.29, 1.82) is 0 Å². The fraction of sp³-hybridized carbons (Fsp3) is 0.600. The number of carbonyl (C=O) groups is 1. The molecule has 0 saturated heterocycles. The second-order valence-corrected chi connectivity index (χ2v) is 2.04. The minimum absolute atomic E-state index is 0.213. The van der Waals surface area contributed by atoms with E-state index in [4.69, 9.17) is 23.2 Å². The highest BCUT2D eigenvalue weighted by molar-refractivity contribution is 6.21. The highest BCUT2D eigenvalue weighted by Crippen LogP contribution is 1.97. The van der Waals surface area contributed by atoms with Gasteiger partial charge in [-0.15, -0.1) is 23.2 Å². The molecule has 0 spiro atoms. The molecular weight excluding hydrogens is 163 g/mol. The molecule has 0 aliphatic rings. The molecule has 0 saturated carbocycles. The number of halogens is 2. The van der Waals surface area contributed by atoms with Crippen molar-refractivity contribution in [1.82, 2.24) is 0 Å². The van der Waals surface area contributed by atoms with Gasteiger partial charge in [0.2, 0.25) is 0 Å². The van der Waals surface area contributed by atoms with Crippen LogP contribution >= 0.6 is 23.2 Å². The second-order valence-electron chi connectivity index (χ2n) is 1.42. The molecule has 0 N–H and O–H groups in total. The van der Waals surface area contributed by atoms with E-state index < -0.39 is 12.1 Å². The van der Waals surface area contributed by atoms with Crippen LogP contribution < -0.4 is 0 Å². The largest absolute Gasteiger partial charge is 0.460 e. The standard InChI is InChI=1S/C5H7Cl2O2/c1-4(8)9-5(2-6)3-7/h5H,1-3H2. The van der Waals surface area contributed by atoms with Crippen LogP contribution in [0.2, 0.25) is 0 Å². The Hall–Kier alpha value is 0.0500. The van der Waals surface area contributed by atoms with E-state index >= 15 is 0 Å². The summed E-state index contributed by atoms with van der Waals surface area (Å²) >= 11 is 10.6. The van der Waals surface area contributed by atoms with Crippen LogP contribution in [0.1, 0.15) is 0 Å². The molecule has 0 atom stereocenters. The molecule has 0 fully saturated rings. The zero-order valence-corrected chi connectivity index (χ0v) is 6.28. The van der Waals surface area contributed by atoms with Gasteiger partial charge in [0.1, 0.15) is 6.10 Å². The second kappa shape index (κ2) is 4.89. The molecule has 0 aliphatic carbocycles. The average Bonchev–Trinajstić information content (AvgIpc) is 1.82. The van der Waals surface area contributed by atoms with Gasteiger partial charge in [0.05, 0.1) is 18.7 Å². The summed E-state index contributed by atoms with van der Waals surface area (Å²) in [4.78, 5) is 10.1. The molecule has 0 aromatic carbocycles. The summed E-state index contributed by atoms with van der Waals surface area (Å²) in [6.45, 7) is 3.00. The van der Waals surface area contributed by atoms with Crippen molar-refractivity contribution < 1.29 is 9.53 Å². The van der Waals surface area contributed by atoms with Gasteiger partial charge in [0.15, 0.2) is 0 Å². The third-order valence-corrected chi connectivity index (χ3v) is 1.33. The fourth-order valence-corrected chi connectivity index (χ4v) is 0.746. The van der Waals surface area contributed by atoms with Crippen molar-refractivity contribution in [3.05, 3.63) is 6.92 Å². The Balaban J connectivity index is 3.43. The number of esters is 1. The van der Waals surface area contributed by atoms with Crippen LogP contribution in [0.15, 0.2) is 0 Å². The highest BCUT2D eigenvalue weighted by Gasteiger charge is 2.07. The van der Waals surface area contributed by atoms with E-state index in [1.54, 1.807) is 0 Å². The van der Waals surface area contributed by atoms with Crippen LogP contribution in [0.3, 0.4) is 0 Å². The molecule has 0 aromatic heterocycles. The summed E-state index contributed by atoms with van der Waals surface area (Å²) in [5.41, 5.74) is 0. The summed E-state index contributed by atoms with van der Waals surface area (Å²) in [6, 6.07) is 0. The number of carbonyl (C=O) groups excluding carboxylic acids is 1. The number of ether oxygens (including phenoxy) is 1. The van der Waals surface area contributed by atoms with Crippen molar-refractivity contribution in [2.45, 2.75) is 6.10 Å². The Kier molecular flexibility index (Phi) is 4.91. The maximum Gasteiger partial charge on any atom is 0.306 e. The normalized spacial score (nSPS) is 9.78. The molecule has 0 aromatic rings. The molecule has 0 aliphatic heterocycles. The van der Waals surface area contributed by atoms with Crippen molar-refractivity contribution in [2.75, 3.05) is 11.8 Å². The van der Waals surface area contributed by atoms with Gasteiger partial charge in [-0.05, 0) is 0 Å². The molecule has 1 radical (unpaired) electrons. The van der Waals surface area contributed by atoms with Gasteiger partial charge >= 0.3 is 5.97 Å². The lowest BCUT2D eigenvalue weighted by Crippen LogP contribution is -2.19. The molecular formula is C5H7Cl2O2. The lowest BCUT2D eigenvalue weighted by molar-refractivity contribution is -0.141. The molecule has 0 unspecified atom stereocenters. The minimum atomic E-state index is -0.596. The van der Waals surface area contributed by atoms with Crippen molar-refractivity contribution in [3.63, 3.8) is 0 Å². The predicted octanol–water partition coefficient (Wildman–Crippen LogP) is 1.21. The van der Waals surface area contributed by atoms with E-state index in [9.17, 15) is 4.79 Å². The number of alkyl halides is 2. The van der Waals surface area contributed by atoms with Gasteiger partial charge in [-0.3, -0.25) is 4.79 Å². The van der Waals surface area contributed by atoms with Crippen LogP contribution in [0.25, 0.3) is 0 Å². The van der Waals surface area contributed by atoms with Crippen LogP contribution in [0.4, 0.5) is 0 Å². The lowest BCUT2D eigenvalue weighted by Gasteiger charge is -2.08. The summed E-state index contributed by atoms with van der Waals surface area (Å²) < 4.78 is 4.53. The number of hydrogen-bond acceptors (Lipinski definition) is 2. The van der Waals surface area contributed by atoms with Crippen molar-refractivity contribution >= 4 is 29.2 Å². The van der Waals surface area contributed by atoms with Crippen molar-refractivity contribution in [3.8, 4) is 0 Å². The Morgan fingerprint density at radius 1 is 1.56 bits per heavy atom. The Bertz CT molecular complexity index is 91.0. The summed E-state index contributed by atoms with van der Waals surface area (Å²) in [7, 11) is 0. The molecule has 4 heteroatoms. The topological polar surface area (TPSA) is 26.3 Å². The molecule has 0 rings (SSSR count). The van der Waals surface area contributed by atoms with E-state index in [2.05, 4.69) is 11.7 Å². The molecule has 0 bridgehead atoms. The Labute approximate surface area is 64.1 Å². The first-order chi connectivity index (χ1) is 4.20. The first kappa shape index (κ1) is 9.05. The summed E-state index contributed by atoms with van der Waals surface area (Å²) in [6.07, 6.45) is -0.404. The van der Waals surface area contributed by atoms with Gasteiger partial charge in [-0.1, -0.05) is 0 Å². The zero-order chi connectivity index (χ0) is 7.28. The molecule has 2 nitrogen and oxygen atoms in total. The van der Waals surface area contributed by atoms with Gasteiger partial charge in [-0.2, -0.15) is 0 Å². The monoisotopic (exact) mass is 169 g/mol. The van der Waals surface area contributed by atoms with E-state index in [1.165, 1.54) is 0 Å². The Morgan fingerprint density at radius 3 is 2.11 bits per heavy atom. The quantitative estimate of drug-likeness (QED) is 0.470. The maximum absolute atomic E-state index is 10.1. The summed E-state index contributed by atoms with van der Waals surface area (Å²) in [5, 5.41) is 0. The van der Waals surface area contributed by atoms with Crippen LogP contribution in [-0.2, 0) is 9.53 Å². The van der Waals surface area contributed by atoms with E-state index in [0.717, 1.165) is 0 Å². The lowest BCUT2D eigenvalue weighted by atomic mass is 10.5. The average molecular weight is 170 g/mol. The predicted molar refractivity (Wildman–Crippen MR) is 36.7 cm³/mol. The first-order valence-corrected chi connectivity index (χ1v) is 3.42. The molecule has 53 valence electrons. The van der Waals surface area contributed by atoms with E-state index in [0.29, 0.717) is 0 Å². The van der Waals surface area contributed by atoms with Crippen LogP contribution in [-0.4, -0.2) is 23.8 Å². The van der Waals surface area contributed by atoms with E-state index in [1.807, 2.05) is 0 Å². The fourth-order valence-electron chi connectivity index (χ4n) is 0.290. The van der Waals surface area contributed by atoms with Gasteiger partial charge in [0.25, 0.3) is 0 Å². The first-order valence-electron chi connectivity index (χ1n) is 2.35. The van der Waals surface area contributed by atoms with E-state index in [-0.39, 0.29) is 11.8 Å². The SMILES string of the molecule is [CH2]C(=O)OC(CCl)CCl. The molecule has 9 heavy (non-hydrogen) atoms. The number of hydrogen-bond donors (Lipinski definition) is 0. The third-order valence-electron chi connectivity index (χ3n) is 0.642.